The third-order valence-electron chi connectivity index (χ3n) is 16.9. The molecule has 452 valence electrons. The third kappa shape index (κ3) is 16.4. The molecule has 0 radical (unpaired) electrons. The summed E-state index contributed by atoms with van der Waals surface area (Å²) in [7, 11) is 0. The van der Waals surface area contributed by atoms with Crippen molar-refractivity contribution in [1.82, 2.24) is 45.9 Å². The van der Waals surface area contributed by atoms with E-state index in [1.54, 1.807) is 11.3 Å². The molecule has 1 unspecified atom stereocenters. The summed E-state index contributed by atoms with van der Waals surface area (Å²) in [4.78, 5) is 97.1. The highest BCUT2D eigenvalue weighted by Crippen LogP contribution is 2.35. The lowest BCUT2D eigenvalue weighted by molar-refractivity contribution is -0.144. The van der Waals surface area contributed by atoms with Crippen molar-refractivity contribution in [3.8, 4) is 21.6 Å². The number of pyridine rings is 1. The molecule has 4 atom stereocenters. The van der Waals surface area contributed by atoms with Crippen LogP contribution in [0, 0.1) is 33.1 Å². The Morgan fingerprint density at radius 2 is 1.58 bits per heavy atom. The Hall–Kier alpha value is -6.61. The molecule has 3 saturated heterocycles. The molecule has 3 aliphatic rings. The molecule has 19 heteroatoms. The second-order valence-electron chi connectivity index (χ2n) is 24.1. The molecule has 2 aromatic heterocycles. The Morgan fingerprint density at radius 3 is 2.24 bits per heavy atom. The molecule has 0 saturated carbocycles. The topological polar surface area (TPSA) is 222 Å². The predicted molar refractivity (Wildman–Crippen MR) is 331 cm³/mol. The number of aromatic nitrogens is 2. The molecule has 5 heterocycles. The van der Waals surface area contributed by atoms with E-state index in [0.29, 0.717) is 49.9 Å². The summed E-state index contributed by atoms with van der Waals surface area (Å²) >= 11 is 1.58. The summed E-state index contributed by atoms with van der Waals surface area (Å²) in [5, 5.41) is 23.1. The van der Waals surface area contributed by atoms with E-state index in [1.165, 1.54) is 10.5 Å². The zero-order valence-corrected chi connectivity index (χ0v) is 51.3. The summed E-state index contributed by atoms with van der Waals surface area (Å²) < 4.78 is 5.72. The number of hydrogen-bond donors (Lipinski definition) is 6. The lowest BCUT2D eigenvalue weighted by atomic mass is 9.85. The molecule has 0 bridgehead atoms. The molecule has 6 N–H and O–H groups in total. The van der Waals surface area contributed by atoms with E-state index in [0.717, 1.165) is 127 Å². The molecule has 3 fully saturated rings. The molecule has 18 nitrogen and oxygen atoms in total. The van der Waals surface area contributed by atoms with E-state index in [-0.39, 0.29) is 67.7 Å². The molecule has 3 aliphatic heterocycles. The second kappa shape index (κ2) is 29.5. The molecule has 5 aromatic rings. The van der Waals surface area contributed by atoms with E-state index < -0.39 is 23.6 Å². The average molecular weight is 1170 g/mol. The number of nitrogens with zero attached hydrogens (tertiary/aromatic N) is 5. The van der Waals surface area contributed by atoms with Crippen molar-refractivity contribution in [2.75, 3.05) is 70.5 Å². The Morgan fingerprint density at radius 1 is 0.881 bits per heavy atom. The molecular weight excluding hydrogens is 1080 g/mol. The maximum Gasteiger partial charge on any atom is 0.253 e. The van der Waals surface area contributed by atoms with E-state index in [2.05, 4.69) is 83.2 Å². The van der Waals surface area contributed by atoms with Gasteiger partial charge in [-0.25, -0.2) is 4.98 Å². The first-order valence-electron chi connectivity index (χ1n) is 30.0. The van der Waals surface area contributed by atoms with Gasteiger partial charge in [-0.3, -0.25) is 33.8 Å². The number of aliphatic hydroxyl groups excluding tert-OH is 1. The summed E-state index contributed by atoms with van der Waals surface area (Å²) in [6.45, 7) is 23.3. The molecule has 8 rings (SSSR count). The maximum absolute atomic E-state index is 14.1. The fraction of sp³-hybridized carbons (Fsp3) is 0.523. The minimum absolute atomic E-state index is 0.00970. The van der Waals surface area contributed by atoms with Crippen molar-refractivity contribution in [1.29, 1.82) is 0 Å². The Bertz CT molecular complexity index is 3110. The van der Waals surface area contributed by atoms with Crippen molar-refractivity contribution in [2.24, 2.45) is 5.41 Å². The number of unbranched alkanes of at least 4 members (excludes halogenated alkanes) is 2. The van der Waals surface area contributed by atoms with Gasteiger partial charge in [0.05, 0.1) is 28.2 Å². The molecule has 84 heavy (non-hydrogen) atoms. The number of amides is 4. The number of hydrogen-bond acceptors (Lipinski definition) is 14. The lowest BCUT2D eigenvalue weighted by Crippen LogP contribution is -2.57. The van der Waals surface area contributed by atoms with Crippen molar-refractivity contribution in [3.05, 3.63) is 127 Å². The van der Waals surface area contributed by atoms with Gasteiger partial charge in [0.25, 0.3) is 11.5 Å². The van der Waals surface area contributed by atoms with Gasteiger partial charge in [-0.15, -0.1) is 11.3 Å². The van der Waals surface area contributed by atoms with E-state index in [1.807, 2.05) is 90.4 Å². The van der Waals surface area contributed by atoms with Gasteiger partial charge in [-0.05, 0) is 129 Å². The number of carbonyl (C=O) groups excluding carboxylic acids is 5. The fourth-order valence-corrected chi connectivity index (χ4v) is 12.8. The lowest BCUT2D eigenvalue weighted by Gasteiger charge is -2.37. The minimum atomic E-state index is -0.892. The first-order chi connectivity index (χ1) is 40.3. The Balaban J connectivity index is 0.764. The van der Waals surface area contributed by atoms with Crippen LogP contribution in [0.3, 0.4) is 0 Å². The molecular formula is C65H88N10O8S. The highest BCUT2D eigenvalue weighted by molar-refractivity contribution is 7.13. The number of aldehydes is 1. The minimum Gasteiger partial charge on any atom is -0.391 e. The van der Waals surface area contributed by atoms with Crippen LogP contribution < -0.4 is 31.7 Å². The number of H-pyrrole nitrogens is 1. The normalized spacial score (nSPS) is 17.8. The molecule has 0 aliphatic carbocycles. The summed E-state index contributed by atoms with van der Waals surface area (Å²) in [6.07, 6.45) is 4.58. The quantitative estimate of drug-likeness (QED) is 0.0257. The smallest absolute Gasteiger partial charge is 0.253 e. The van der Waals surface area contributed by atoms with Crippen molar-refractivity contribution < 1.29 is 33.8 Å². The summed E-state index contributed by atoms with van der Waals surface area (Å²) in [5.41, 5.74) is 11.7. The van der Waals surface area contributed by atoms with Crippen LogP contribution in [0.5, 0.6) is 0 Å². The van der Waals surface area contributed by atoms with Crippen LogP contribution in [0.25, 0.3) is 21.6 Å². The number of ether oxygens (including phenoxy) is 1. The van der Waals surface area contributed by atoms with Crippen molar-refractivity contribution >= 4 is 46.9 Å². The number of piperazine rings is 1. The van der Waals surface area contributed by atoms with Crippen LogP contribution in [0.1, 0.15) is 122 Å². The van der Waals surface area contributed by atoms with E-state index >= 15 is 0 Å². The van der Waals surface area contributed by atoms with Gasteiger partial charge in [0.1, 0.15) is 18.4 Å². The van der Waals surface area contributed by atoms with Crippen LogP contribution in [-0.4, -0.2) is 156 Å². The number of anilines is 1. The first kappa shape index (κ1) is 63.4. The van der Waals surface area contributed by atoms with Crippen LogP contribution in [0.2, 0.25) is 0 Å². The Labute approximate surface area is 499 Å². The largest absolute Gasteiger partial charge is 0.391 e. The van der Waals surface area contributed by atoms with Crippen LogP contribution in [0.4, 0.5) is 5.69 Å². The third-order valence-corrected chi connectivity index (χ3v) is 17.9. The SMILES string of the molecule is CCN(c1cc(-c2ccc(CN3CCN(C(C=O)CNCCCCCC(=O)N[C@H](C(=O)N4C[C@H](O)C[C@H]4C(=O)NCc4ccc(-c5scnc5C)cc4)C(C)(C)C)CC3)cc2)cc(C(=O)NCc2c(C)cc(C)[nH]c2=O)c1C)C1CCOCC1. The van der Waals surface area contributed by atoms with Gasteiger partial charge >= 0.3 is 0 Å². The summed E-state index contributed by atoms with van der Waals surface area (Å²) in [6, 6.07) is 20.9. The molecule has 0 spiro atoms. The predicted octanol–water partition coefficient (Wildman–Crippen LogP) is 6.98. The number of likely N-dealkylation sites (tertiary alicyclic amines) is 1. The number of aromatic amines is 1. The Kier molecular flexibility index (Phi) is 22.2. The van der Waals surface area contributed by atoms with Gasteiger partial charge < -0.3 is 50.7 Å². The fourth-order valence-electron chi connectivity index (χ4n) is 11.9. The van der Waals surface area contributed by atoms with Crippen LogP contribution >= 0.6 is 11.3 Å². The number of benzene rings is 3. The number of aliphatic hydroxyl groups is 1. The van der Waals surface area contributed by atoms with Gasteiger partial charge in [0, 0.05) is 120 Å². The number of β-amino-alcohol motifs (C(OH)–C–C–N with tert-alkyl or cyclic N) is 1. The zero-order valence-electron chi connectivity index (χ0n) is 50.5. The number of nitrogens with one attached hydrogen (secondary N) is 5. The standard InChI is InChI=1S/C65H88N10O8S/c1-9-74(51-22-29-83-30-23-51)56-33-50(32-54(44(56)4)61(79)68-37-55-42(2)31-43(3)70-62(55)80)48-18-16-47(17-19-48)38-72-25-27-73(28-26-72)52(40-76)36-66-24-12-10-11-13-58(78)71-60(65(6,7)8)64(82)75-39-53(77)34-57(75)63(81)67-35-46-14-20-49(21-15-46)59-45(5)69-41-84-59/h14-21,31-33,40-41,51-53,57,60,66,77H,9-13,22-30,34-39H2,1-8H3,(H,67,81)(H,68,79)(H,70,80)(H,71,78)/t52?,53-,57+,60-/m1/s1. The number of carbonyl (C=O) groups is 5. The van der Waals surface area contributed by atoms with Gasteiger partial charge in [-0.2, -0.15) is 0 Å². The first-order valence-corrected chi connectivity index (χ1v) is 30.9. The number of aryl methyl sites for hydroxylation is 3. The van der Waals surface area contributed by atoms with Crippen molar-refractivity contribution in [3.63, 3.8) is 0 Å². The van der Waals surface area contributed by atoms with E-state index in [9.17, 15) is 33.9 Å². The number of rotatable bonds is 25. The highest BCUT2D eigenvalue weighted by Gasteiger charge is 2.44. The van der Waals surface area contributed by atoms with Gasteiger partial charge in [-0.1, -0.05) is 75.7 Å². The molecule has 4 amide bonds. The van der Waals surface area contributed by atoms with Crippen LogP contribution in [-0.2, 0) is 43.5 Å². The van der Waals surface area contributed by atoms with E-state index in [4.69, 9.17) is 4.74 Å². The number of thiazole rings is 1. The van der Waals surface area contributed by atoms with Crippen molar-refractivity contribution in [2.45, 2.75) is 150 Å². The summed E-state index contributed by atoms with van der Waals surface area (Å²) in [5.74, 6) is -1.20. The highest BCUT2D eigenvalue weighted by atomic mass is 32.1. The van der Waals surface area contributed by atoms with Gasteiger partial charge in [0.15, 0.2) is 0 Å². The monoisotopic (exact) mass is 1170 g/mol. The molecule has 3 aromatic carbocycles. The zero-order chi connectivity index (χ0) is 60.1. The average Bonchev–Trinajstić information content (AvgIpc) is 4.18. The second-order valence-corrected chi connectivity index (χ2v) is 24.9. The van der Waals surface area contributed by atoms with Crippen LogP contribution in [0.15, 0.2) is 77.0 Å². The maximum atomic E-state index is 14.1. The van der Waals surface area contributed by atoms with Gasteiger partial charge in [0.2, 0.25) is 17.7 Å².